The Hall–Kier alpha value is -1.18. The molecular formula is C12H17O6. The molecule has 0 spiro atoms. The summed E-state index contributed by atoms with van der Waals surface area (Å²) in [5.74, 6) is 0.322. The summed E-state index contributed by atoms with van der Waals surface area (Å²) in [6.07, 6.45) is -4.54. The van der Waals surface area contributed by atoms with Gasteiger partial charge >= 0.3 is 0 Å². The van der Waals surface area contributed by atoms with Crippen LogP contribution < -0.4 is 0 Å². The summed E-state index contributed by atoms with van der Waals surface area (Å²) >= 11 is 0. The van der Waals surface area contributed by atoms with Crippen LogP contribution in [0.15, 0.2) is 30.3 Å². The summed E-state index contributed by atoms with van der Waals surface area (Å²) in [6.45, 7) is 0.611. The zero-order valence-electron chi connectivity index (χ0n) is 9.62. The summed E-state index contributed by atoms with van der Waals surface area (Å²) in [4.78, 5) is 0. The molecule has 0 aliphatic carbocycles. The Labute approximate surface area is 105 Å². The highest BCUT2D eigenvalue weighted by Crippen LogP contribution is 2.17. The molecule has 2 rings (SSSR count). The van der Waals surface area contributed by atoms with Gasteiger partial charge in [0.1, 0.15) is 36.8 Å². The van der Waals surface area contributed by atoms with E-state index in [2.05, 4.69) is 4.74 Å². The number of ether oxygens (including phenoxy) is 1. The van der Waals surface area contributed by atoms with Gasteiger partial charge in [0.2, 0.25) is 0 Å². The molecule has 0 amide bonds. The Bertz CT molecular complexity index is 329. The first-order valence-corrected chi connectivity index (χ1v) is 5.44. The van der Waals surface area contributed by atoms with Gasteiger partial charge in [0.05, 0.1) is 6.61 Å². The Kier molecular flexibility index (Phi) is 6.03. The van der Waals surface area contributed by atoms with Crippen LogP contribution >= 0.6 is 0 Å². The summed E-state index contributed by atoms with van der Waals surface area (Å²) in [5, 5.41) is 44.2. The quantitative estimate of drug-likeness (QED) is 0.442. The topological polar surface area (TPSA) is 110 Å². The molecule has 0 saturated carbocycles. The molecule has 101 valence electrons. The molecule has 4 atom stereocenters. The van der Waals surface area contributed by atoms with E-state index in [9.17, 15) is 0 Å². The number of para-hydroxylation sites is 1. The van der Waals surface area contributed by atoms with Gasteiger partial charge in [-0.2, -0.15) is 0 Å². The minimum Gasteiger partial charge on any atom is -0.508 e. The predicted molar refractivity (Wildman–Crippen MR) is 62.4 cm³/mol. The number of aromatic hydroxyl groups is 1. The average Bonchev–Trinajstić information content (AvgIpc) is 2.38. The molecule has 6 heteroatoms. The van der Waals surface area contributed by atoms with E-state index in [1.54, 1.807) is 24.3 Å². The molecule has 5 N–H and O–H groups in total. The van der Waals surface area contributed by atoms with E-state index in [0.717, 1.165) is 6.61 Å². The molecule has 1 radical (unpaired) electrons. The predicted octanol–water partition coefficient (Wildman–Crippen LogP) is -0.986. The van der Waals surface area contributed by atoms with Gasteiger partial charge in [-0.25, -0.2) is 0 Å². The normalized spacial score (nSPS) is 31.3. The molecular weight excluding hydrogens is 240 g/mol. The number of aliphatic hydroxyl groups excluding tert-OH is 4. The van der Waals surface area contributed by atoms with E-state index in [4.69, 9.17) is 25.5 Å². The zero-order chi connectivity index (χ0) is 13.5. The number of benzene rings is 1. The molecule has 0 aromatic heterocycles. The summed E-state index contributed by atoms with van der Waals surface area (Å²) in [6, 6.07) is 8.71. The maximum absolute atomic E-state index is 9.09. The monoisotopic (exact) mass is 257 g/mol. The Balaban J connectivity index is 0.000000199. The molecule has 1 aromatic carbocycles. The van der Waals surface area contributed by atoms with Gasteiger partial charge in [-0.1, -0.05) is 18.2 Å². The molecule has 1 fully saturated rings. The highest BCUT2D eigenvalue weighted by atomic mass is 16.5. The van der Waals surface area contributed by atoms with E-state index < -0.39 is 24.4 Å². The minimum absolute atomic E-state index is 0.322. The molecule has 0 bridgehead atoms. The number of hydrogen-bond donors (Lipinski definition) is 5. The van der Waals surface area contributed by atoms with Crippen LogP contribution in [0.5, 0.6) is 5.75 Å². The van der Waals surface area contributed by atoms with E-state index in [-0.39, 0.29) is 6.61 Å². The zero-order valence-corrected chi connectivity index (χ0v) is 9.62. The molecule has 6 nitrogen and oxygen atoms in total. The first kappa shape index (κ1) is 14.9. The van der Waals surface area contributed by atoms with E-state index >= 15 is 0 Å². The minimum atomic E-state index is -1.28. The third-order valence-corrected chi connectivity index (χ3v) is 2.41. The fourth-order valence-electron chi connectivity index (χ4n) is 1.34. The maximum atomic E-state index is 9.09. The highest BCUT2D eigenvalue weighted by molar-refractivity contribution is 5.18. The third kappa shape index (κ3) is 4.25. The second-order valence-electron chi connectivity index (χ2n) is 3.80. The lowest BCUT2D eigenvalue weighted by Gasteiger charge is -2.33. The van der Waals surface area contributed by atoms with Crippen molar-refractivity contribution >= 4 is 0 Å². The van der Waals surface area contributed by atoms with Crippen molar-refractivity contribution in [1.29, 1.82) is 0 Å². The largest absolute Gasteiger partial charge is 0.508 e. The van der Waals surface area contributed by atoms with Crippen molar-refractivity contribution < 1.29 is 30.3 Å². The van der Waals surface area contributed by atoms with Crippen LogP contribution in [0.3, 0.4) is 0 Å². The number of phenolic OH excluding ortho intramolecular Hbond substituents is 1. The molecule has 1 saturated heterocycles. The molecule has 18 heavy (non-hydrogen) atoms. The first-order chi connectivity index (χ1) is 8.56. The van der Waals surface area contributed by atoms with Gasteiger partial charge < -0.3 is 30.3 Å². The van der Waals surface area contributed by atoms with Crippen LogP contribution in [0.25, 0.3) is 0 Å². The van der Waals surface area contributed by atoms with Gasteiger partial charge in [-0.15, -0.1) is 0 Å². The fraction of sp³-hybridized carbons (Fsp3) is 0.417. The molecule has 1 aliphatic rings. The second-order valence-corrected chi connectivity index (χ2v) is 3.80. The van der Waals surface area contributed by atoms with E-state index in [1.165, 1.54) is 0 Å². The van der Waals surface area contributed by atoms with E-state index in [0.29, 0.717) is 5.75 Å². The summed E-state index contributed by atoms with van der Waals surface area (Å²) in [7, 11) is 0. The third-order valence-electron chi connectivity index (χ3n) is 2.41. The van der Waals surface area contributed by atoms with Crippen LogP contribution in [0.4, 0.5) is 0 Å². The molecule has 1 aromatic rings. The maximum Gasteiger partial charge on any atom is 0.115 e. The smallest absolute Gasteiger partial charge is 0.115 e. The van der Waals surface area contributed by atoms with Crippen LogP contribution in [0.2, 0.25) is 0 Å². The van der Waals surface area contributed by atoms with Crippen molar-refractivity contribution in [2.24, 2.45) is 0 Å². The number of aliphatic hydroxyl groups is 4. The average molecular weight is 257 g/mol. The van der Waals surface area contributed by atoms with Crippen molar-refractivity contribution in [1.82, 2.24) is 0 Å². The van der Waals surface area contributed by atoms with E-state index in [1.807, 2.05) is 6.07 Å². The lowest BCUT2D eigenvalue weighted by atomic mass is 10.0. The Morgan fingerprint density at radius 3 is 2.06 bits per heavy atom. The van der Waals surface area contributed by atoms with Crippen LogP contribution in [-0.2, 0) is 4.74 Å². The van der Waals surface area contributed by atoms with Crippen molar-refractivity contribution in [3.05, 3.63) is 36.9 Å². The molecule has 1 heterocycles. The Morgan fingerprint density at radius 1 is 1.00 bits per heavy atom. The van der Waals surface area contributed by atoms with Crippen molar-refractivity contribution in [2.45, 2.75) is 24.4 Å². The molecule has 0 unspecified atom stereocenters. The second kappa shape index (κ2) is 7.30. The van der Waals surface area contributed by atoms with Crippen LogP contribution in [-0.4, -0.2) is 56.6 Å². The number of phenols is 1. The van der Waals surface area contributed by atoms with Crippen molar-refractivity contribution in [3.63, 3.8) is 0 Å². The lowest BCUT2D eigenvalue weighted by Crippen LogP contribution is -2.52. The van der Waals surface area contributed by atoms with Gasteiger partial charge in [0.15, 0.2) is 0 Å². The highest BCUT2D eigenvalue weighted by Gasteiger charge is 2.37. The van der Waals surface area contributed by atoms with Gasteiger partial charge in [-0.05, 0) is 12.1 Å². The fourth-order valence-corrected chi connectivity index (χ4v) is 1.34. The number of rotatable bonds is 1. The van der Waals surface area contributed by atoms with Crippen molar-refractivity contribution in [2.75, 3.05) is 6.61 Å². The SMILES string of the molecule is OC[C@H]1O[CH][C@H](O)[C@@H](O)[C@@H]1O.Oc1ccccc1. The lowest BCUT2D eigenvalue weighted by molar-refractivity contribution is -0.169. The summed E-state index contributed by atoms with van der Waals surface area (Å²) in [5.41, 5.74) is 0. The first-order valence-electron chi connectivity index (χ1n) is 5.44. The van der Waals surface area contributed by atoms with Gasteiger partial charge in [0, 0.05) is 0 Å². The summed E-state index contributed by atoms with van der Waals surface area (Å²) < 4.78 is 4.69. The number of hydrogen-bond acceptors (Lipinski definition) is 6. The van der Waals surface area contributed by atoms with Crippen molar-refractivity contribution in [3.8, 4) is 5.75 Å². The van der Waals surface area contributed by atoms with Crippen LogP contribution in [0.1, 0.15) is 0 Å². The molecule has 1 aliphatic heterocycles. The van der Waals surface area contributed by atoms with Gasteiger partial charge in [0.25, 0.3) is 0 Å². The van der Waals surface area contributed by atoms with Crippen LogP contribution in [0, 0.1) is 6.61 Å². The Morgan fingerprint density at radius 2 is 1.61 bits per heavy atom. The van der Waals surface area contributed by atoms with Gasteiger partial charge in [-0.3, -0.25) is 0 Å². The standard InChI is InChI=1S/C6H11O5.C6H6O/c7-1-4-6(10)5(9)3(8)2-11-4;7-6-4-2-1-3-5-6/h2-10H,1H2;1-5,7H/t3-,4+,5+,6+;/m0./s1.